The molecular weight excluding hydrogens is 526 g/mol. The number of hydrogen-bond acceptors (Lipinski definition) is 7. The van der Waals surface area contributed by atoms with E-state index in [1.54, 1.807) is 6.33 Å². The molecule has 1 fully saturated rings. The first kappa shape index (κ1) is 26.5. The van der Waals surface area contributed by atoms with Crippen molar-refractivity contribution in [3.63, 3.8) is 0 Å². The summed E-state index contributed by atoms with van der Waals surface area (Å²) < 4.78 is 22.3. The van der Waals surface area contributed by atoms with Gasteiger partial charge in [0.2, 0.25) is 0 Å². The predicted octanol–water partition coefficient (Wildman–Crippen LogP) is 5.81. The number of imidazole rings is 1. The Hall–Kier alpha value is -4.37. The number of fused-ring (bicyclic) bond motifs is 2. The van der Waals surface area contributed by atoms with Crippen LogP contribution in [0.15, 0.2) is 116 Å². The molecule has 0 spiro atoms. The van der Waals surface area contributed by atoms with Gasteiger partial charge in [0.05, 0.1) is 19.0 Å². The highest BCUT2D eigenvalue weighted by Crippen LogP contribution is 2.50. The molecule has 1 saturated heterocycles. The zero-order valence-electron chi connectivity index (χ0n) is 23.6. The minimum Gasteiger partial charge on any atom is -0.382 e. The molecule has 2 aromatic heterocycles. The van der Waals surface area contributed by atoms with Gasteiger partial charge >= 0.3 is 0 Å². The molecule has 8 heteroatoms. The fourth-order valence-electron chi connectivity index (χ4n) is 6.53. The van der Waals surface area contributed by atoms with Crippen LogP contribution in [0.3, 0.4) is 0 Å². The van der Waals surface area contributed by atoms with E-state index in [-0.39, 0.29) is 12.1 Å². The number of nitrogen functional groups attached to an aromatic ring is 1. The van der Waals surface area contributed by atoms with Gasteiger partial charge in [-0.15, -0.1) is 0 Å². The minimum absolute atomic E-state index is 0.187. The van der Waals surface area contributed by atoms with Crippen LogP contribution in [0.1, 0.15) is 43.0 Å². The maximum atomic E-state index is 7.11. The highest BCUT2D eigenvalue weighted by molar-refractivity contribution is 5.81. The number of nitrogens with zero attached hydrogens (tertiary/aromatic N) is 4. The Bertz CT molecular complexity index is 1630. The van der Waals surface area contributed by atoms with Crippen molar-refractivity contribution in [3.05, 3.63) is 132 Å². The summed E-state index contributed by atoms with van der Waals surface area (Å²) in [5.74, 6) is -0.434. The fourth-order valence-corrected chi connectivity index (χ4v) is 6.53. The third kappa shape index (κ3) is 4.30. The second-order valence-electron chi connectivity index (χ2n) is 11.3. The molecule has 42 heavy (non-hydrogen) atoms. The van der Waals surface area contributed by atoms with Crippen molar-refractivity contribution in [2.24, 2.45) is 0 Å². The Morgan fingerprint density at radius 3 is 2.05 bits per heavy atom. The number of rotatable bonds is 8. The van der Waals surface area contributed by atoms with E-state index >= 15 is 0 Å². The van der Waals surface area contributed by atoms with Crippen LogP contribution in [-0.2, 0) is 19.8 Å². The number of nitrogens with two attached hydrogens (primary N) is 1. The standard InChI is InChI=1S/C34H33N5O3/c1-32(2)41-29-27(39-23-38-28-30(35)36-22-37-31(28)39)18-19-33(29,42-32)20-21-40-34(24-12-6-3-7-13-24,25-14-8-4-9-15-25)26-16-10-5-11-17-26/h3-19,22-23,27,29H,20-21H2,1-2H3,(H2,35,36,37)/t27-,29+,33+/m1/s1. The highest BCUT2D eigenvalue weighted by atomic mass is 16.8. The number of hydrogen-bond donors (Lipinski definition) is 1. The van der Waals surface area contributed by atoms with Gasteiger partial charge in [-0.3, -0.25) is 0 Å². The quantitative estimate of drug-likeness (QED) is 0.189. The van der Waals surface area contributed by atoms with Gasteiger partial charge < -0.3 is 24.5 Å². The Kier molecular flexibility index (Phi) is 6.42. The average molecular weight is 560 g/mol. The van der Waals surface area contributed by atoms with E-state index in [4.69, 9.17) is 19.9 Å². The zero-order chi connectivity index (χ0) is 28.8. The van der Waals surface area contributed by atoms with Crippen molar-refractivity contribution in [1.82, 2.24) is 19.5 Å². The summed E-state index contributed by atoms with van der Waals surface area (Å²) in [6.07, 6.45) is 7.69. The molecule has 0 unspecified atom stereocenters. The Balaban J connectivity index is 1.24. The molecule has 0 bridgehead atoms. The van der Waals surface area contributed by atoms with E-state index in [9.17, 15) is 0 Å². The maximum Gasteiger partial charge on any atom is 0.166 e. The number of ether oxygens (including phenoxy) is 3. The summed E-state index contributed by atoms with van der Waals surface area (Å²) in [6, 6.07) is 31.0. The van der Waals surface area contributed by atoms with Crippen LogP contribution >= 0.6 is 0 Å². The summed E-state index contributed by atoms with van der Waals surface area (Å²) in [4.78, 5) is 13.0. The first-order chi connectivity index (χ1) is 20.4. The third-order valence-electron chi connectivity index (χ3n) is 8.27. The SMILES string of the molecule is CC1(C)O[C@H]2[C@H](n3cnc4c(N)ncnc43)C=C[C@@]2(CCOC(c2ccccc2)(c2ccccc2)c2ccccc2)O1. The first-order valence-electron chi connectivity index (χ1n) is 14.2. The lowest BCUT2D eigenvalue weighted by Gasteiger charge is -2.37. The van der Waals surface area contributed by atoms with Gasteiger partial charge in [0.25, 0.3) is 0 Å². The van der Waals surface area contributed by atoms with Gasteiger partial charge in [0.15, 0.2) is 17.3 Å². The van der Waals surface area contributed by atoms with Gasteiger partial charge in [0, 0.05) is 6.42 Å². The summed E-state index contributed by atoms with van der Waals surface area (Å²) in [7, 11) is 0. The monoisotopic (exact) mass is 559 g/mol. The smallest absolute Gasteiger partial charge is 0.166 e. The van der Waals surface area contributed by atoms with Crippen molar-refractivity contribution in [3.8, 4) is 0 Å². The van der Waals surface area contributed by atoms with Crippen LogP contribution in [0.5, 0.6) is 0 Å². The highest BCUT2D eigenvalue weighted by Gasteiger charge is 2.58. The summed E-state index contributed by atoms with van der Waals surface area (Å²) in [5, 5.41) is 0. The average Bonchev–Trinajstić information content (AvgIpc) is 3.66. The first-order valence-corrected chi connectivity index (χ1v) is 14.2. The lowest BCUT2D eigenvalue weighted by atomic mass is 9.80. The van der Waals surface area contributed by atoms with Crippen LogP contribution in [-0.4, -0.2) is 43.6 Å². The van der Waals surface area contributed by atoms with Gasteiger partial charge in [-0.25, -0.2) is 15.0 Å². The van der Waals surface area contributed by atoms with Crippen molar-refractivity contribution in [1.29, 1.82) is 0 Å². The molecule has 212 valence electrons. The lowest BCUT2D eigenvalue weighted by molar-refractivity contribution is -0.161. The molecule has 8 nitrogen and oxygen atoms in total. The number of benzene rings is 3. The molecule has 0 saturated carbocycles. The predicted molar refractivity (Wildman–Crippen MR) is 160 cm³/mol. The molecular formula is C34H33N5O3. The van der Waals surface area contributed by atoms with Crippen LogP contribution in [0.25, 0.3) is 11.2 Å². The molecule has 2 aliphatic rings. The number of anilines is 1. The topological polar surface area (TPSA) is 97.3 Å². The lowest BCUT2D eigenvalue weighted by Crippen LogP contribution is -2.41. The molecule has 0 amide bonds. The van der Waals surface area contributed by atoms with E-state index in [1.807, 2.05) is 36.6 Å². The van der Waals surface area contributed by atoms with E-state index in [0.717, 1.165) is 16.7 Å². The third-order valence-corrected chi connectivity index (χ3v) is 8.27. The molecule has 1 aliphatic heterocycles. The summed E-state index contributed by atoms with van der Waals surface area (Å²) in [5.41, 5.74) is 8.96. The molecule has 7 rings (SSSR count). The van der Waals surface area contributed by atoms with E-state index in [1.165, 1.54) is 6.33 Å². The molecule has 3 aromatic carbocycles. The molecule has 1 aliphatic carbocycles. The normalized spacial score (nSPS) is 22.9. The van der Waals surface area contributed by atoms with Crippen molar-refractivity contribution in [2.75, 3.05) is 12.3 Å². The van der Waals surface area contributed by atoms with Gasteiger partial charge in [-0.05, 0) is 30.5 Å². The molecule has 3 atom stereocenters. The second kappa shape index (κ2) is 10.2. The second-order valence-corrected chi connectivity index (χ2v) is 11.3. The Morgan fingerprint density at radius 2 is 1.45 bits per heavy atom. The number of aromatic nitrogens is 4. The van der Waals surface area contributed by atoms with E-state index in [2.05, 4.69) is 99.9 Å². The van der Waals surface area contributed by atoms with Gasteiger partial charge in [-0.1, -0.05) is 103 Å². The van der Waals surface area contributed by atoms with E-state index < -0.39 is 17.0 Å². The van der Waals surface area contributed by atoms with Crippen molar-refractivity contribution in [2.45, 2.75) is 49.4 Å². The Labute approximate surface area is 244 Å². The van der Waals surface area contributed by atoms with Crippen LogP contribution in [0.2, 0.25) is 0 Å². The molecule has 0 radical (unpaired) electrons. The summed E-state index contributed by atoms with van der Waals surface area (Å²) in [6.45, 7) is 4.31. The fraction of sp³-hybridized carbons (Fsp3) is 0.265. The minimum atomic E-state index is -0.818. The van der Waals surface area contributed by atoms with Crippen LogP contribution in [0, 0.1) is 0 Å². The van der Waals surface area contributed by atoms with Crippen molar-refractivity contribution < 1.29 is 14.2 Å². The molecule has 5 aromatic rings. The largest absolute Gasteiger partial charge is 0.382 e. The zero-order valence-corrected chi connectivity index (χ0v) is 23.6. The van der Waals surface area contributed by atoms with Crippen LogP contribution in [0.4, 0.5) is 5.82 Å². The summed E-state index contributed by atoms with van der Waals surface area (Å²) >= 11 is 0. The molecule has 2 N–H and O–H groups in total. The van der Waals surface area contributed by atoms with E-state index in [0.29, 0.717) is 30.0 Å². The van der Waals surface area contributed by atoms with Gasteiger partial charge in [0.1, 0.15) is 29.2 Å². The van der Waals surface area contributed by atoms with Gasteiger partial charge in [-0.2, -0.15) is 0 Å². The maximum absolute atomic E-state index is 7.11. The Morgan fingerprint density at radius 1 is 0.857 bits per heavy atom. The van der Waals surface area contributed by atoms with Crippen LogP contribution < -0.4 is 5.73 Å². The van der Waals surface area contributed by atoms with Crippen molar-refractivity contribution >= 4 is 17.0 Å². The molecule has 3 heterocycles.